The first kappa shape index (κ1) is 14.4. The number of halogens is 1. The van der Waals surface area contributed by atoms with Crippen LogP contribution in [0.5, 0.6) is 0 Å². The number of rotatable bonds is 4. The van der Waals surface area contributed by atoms with Crippen molar-refractivity contribution in [1.82, 2.24) is 5.32 Å². The molecule has 102 valence electrons. The van der Waals surface area contributed by atoms with Crippen molar-refractivity contribution < 1.29 is 18.8 Å². The SMILES string of the molecule is CC(=O)Nc1ccc(F)c(NCC(=O)NC(N)=O)c1. The molecular formula is C11H13FN4O3. The summed E-state index contributed by atoms with van der Waals surface area (Å²) in [6, 6.07) is 2.86. The summed E-state index contributed by atoms with van der Waals surface area (Å²) >= 11 is 0. The summed E-state index contributed by atoms with van der Waals surface area (Å²) in [5.41, 5.74) is 5.15. The number of amides is 4. The first-order valence-electron chi connectivity index (χ1n) is 5.29. The molecule has 0 unspecified atom stereocenters. The fourth-order valence-corrected chi connectivity index (χ4v) is 1.30. The van der Waals surface area contributed by atoms with Gasteiger partial charge in [0.15, 0.2) is 0 Å². The molecule has 0 aliphatic heterocycles. The number of anilines is 2. The topological polar surface area (TPSA) is 113 Å². The van der Waals surface area contributed by atoms with Crippen molar-refractivity contribution in [2.24, 2.45) is 5.73 Å². The molecule has 7 nitrogen and oxygen atoms in total. The lowest BCUT2D eigenvalue weighted by molar-refractivity contribution is -0.118. The van der Waals surface area contributed by atoms with Crippen LogP contribution < -0.4 is 21.7 Å². The molecule has 0 radical (unpaired) electrons. The Hall–Kier alpha value is -2.64. The molecule has 1 rings (SSSR count). The Morgan fingerprint density at radius 1 is 1.32 bits per heavy atom. The number of benzene rings is 1. The van der Waals surface area contributed by atoms with Gasteiger partial charge in [-0.1, -0.05) is 0 Å². The number of nitrogens with one attached hydrogen (secondary N) is 3. The van der Waals surface area contributed by atoms with Gasteiger partial charge in [0, 0.05) is 12.6 Å². The van der Waals surface area contributed by atoms with Crippen LogP contribution in [0.4, 0.5) is 20.6 Å². The van der Waals surface area contributed by atoms with Gasteiger partial charge >= 0.3 is 6.03 Å². The van der Waals surface area contributed by atoms with E-state index in [9.17, 15) is 18.8 Å². The highest BCUT2D eigenvalue weighted by Gasteiger charge is 2.08. The minimum absolute atomic E-state index is 0.0193. The van der Waals surface area contributed by atoms with Crippen LogP contribution in [0, 0.1) is 5.82 Å². The predicted molar refractivity (Wildman–Crippen MR) is 66.9 cm³/mol. The van der Waals surface area contributed by atoms with Crippen LogP contribution in [0.25, 0.3) is 0 Å². The smallest absolute Gasteiger partial charge is 0.318 e. The largest absolute Gasteiger partial charge is 0.374 e. The Balaban J connectivity index is 2.69. The normalized spacial score (nSPS) is 9.58. The fraction of sp³-hybridized carbons (Fsp3) is 0.182. The van der Waals surface area contributed by atoms with E-state index in [1.807, 2.05) is 5.32 Å². The third kappa shape index (κ3) is 5.02. The van der Waals surface area contributed by atoms with Gasteiger partial charge in [-0.25, -0.2) is 9.18 Å². The van der Waals surface area contributed by atoms with Crippen LogP contribution in [0.3, 0.4) is 0 Å². The van der Waals surface area contributed by atoms with Crippen molar-refractivity contribution in [2.45, 2.75) is 6.92 Å². The van der Waals surface area contributed by atoms with E-state index in [2.05, 4.69) is 10.6 Å². The molecule has 1 aromatic rings. The summed E-state index contributed by atoms with van der Waals surface area (Å²) in [5, 5.41) is 6.78. The zero-order valence-electron chi connectivity index (χ0n) is 10.1. The third-order valence-corrected chi connectivity index (χ3v) is 1.99. The monoisotopic (exact) mass is 268 g/mol. The van der Waals surface area contributed by atoms with Crippen molar-refractivity contribution in [2.75, 3.05) is 17.2 Å². The molecule has 0 aliphatic carbocycles. The third-order valence-electron chi connectivity index (χ3n) is 1.99. The van der Waals surface area contributed by atoms with Crippen molar-refractivity contribution in [3.8, 4) is 0 Å². The van der Waals surface area contributed by atoms with E-state index in [1.54, 1.807) is 0 Å². The molecule has 0 heterocycles. The van der Waals surface area contributed by atoms with E-state index in [4.69, 9.17) is 5.73 Å². The number of nitrogens with two attached hydrogens (primary N) is 1. The van der Waals surface area contributed by atoms with E-state index < -0.39 is 17.8 Å². The molecule has 0 spiro atoms. The predicted octanol–water partition coefficient (Wildman–Crippen LogP) is 0.391. The molecular weight excluding hydrogens is 255 g/mol. The maximum atomic E-state index is 13.4. The minimum Gasteiger partial charge on any atom is -0.374 e. The fourth-order valence-electron chi connectivity index (χ4n) is 1.30. The van der Waals surface area contributed by atoms with Gasteiger partial charge in [0.25, 0.3) is 0 Å². The highest BCUT2D eigenvalue weighted by Crippen LogP contribution is 2.19. The van der Waals surface area contributed by atoms with Crippen molar-refractivity contribution >= 4 is 29.2 Å². The Kier molecular flexibility index (Phi) is 4.81. The van der Waals surface area contributed by atoms with Gasteiger partial charge in [0.05, 0.1) is 12.2 Å². The average molecular weight is 268 g/mol. The molecule has 1 aromatic carbocycles. The number of carbonyl (C=O) groups is 3. The summed E-state index contributed by atoms with van der Waals surface area (Å²) in [6.45, 7) is 0.986. The van der Waals surface area contributed by atoms with Crippen LogP contribution >= 0.6 is 0 Å². The van der Waals surface area contributed by atoms with E-state index in [1.165, 1.54) is 19.1 Å². The van der Waals surface area contributed by atoms with Gasteiger partial charge in [-0.2, -0.15) is 0 Å². The van der Waals surface area contributed by atoms with Gasteiger partial charge in [0.1, 0.15) is 5.82 Å². The lowest BCUT2D eigenvalue weighted by Gasteiger charge is -2.09. The summed E-state index contributed by atoms with van der Waals surface area (Å²) in [4.78, 5) is 32.4. The molecule has 5 N–H and O–H groups in total. The quantitative estimate of drug-likeness (QED) is 0.632. The van der Waals surface area contributed by atoms with Crippen LogP contribution in [0.1, 0.15) is 6.92 Å². The second kappa shape index (κ2) is 6.34. The number of imide groups is 1. The maximum absolute atomic E-state index is 13.4. The molecule has 0 saturated heterocycles. The van der Waals surface area contributed by atoms with E-state index >= 15 is 0 Å². The molecule has 0 fully saturated rings. The zero-order valence-corrected chi connectivity index (χ0v) is 10.1. The molecule has 0 bridgehead atoms. The number of hydrogen-bond acceptors (Lipinski definition) is 4. The van der Waals surface area contributed by atoms with E-state index in [0.29, 0.717) is 5.69 Å². The molecule has 0 saturated carbocycles. The Morgan fingerprint density at radius 3 is 2.58 bits per heavy atom. The molecule has 4 amide bonds. The number of urea groups is 1. The van der Waals surface area contributed by atoms with Crippen LogP contribution in [0.15, 0.2) is 18.2 Å². The lowest BCUT2D eigenvalue weighted by Crippen LogP contribution is -2.38. The first-order chi connectivity index (χ1) is 8.88. The first-order valence-corrected chi connectivity index (χ1v) is 5.29. The summed E-state index contributed by atoms with van der Waals surface area (Å²) in [7, 11) is 0. The second-order valence-electron chi connectivity index (χ2n) is 3.64. The molecule has 0 aliphatic rings. The Bertz CT molecular complexity index is 519. The second-order valence-corrected chi connectivity index (χ2v) is 3.64. The van der Waals surface area contributed by atoms with Gasteiger partial charge < -0.3 is 16.4 Å². The van der Waals surface area contributed by atoms with Crippen molar-refractivity contribution in [1.29, 1.82) is 0 Å². The minimum atomic E-state index is -0.987. The molecule has 19 heavy (non-hydrogen) atoms. The molecule has 0 atom stereocenters. The van der Waals surface area contributed by atoms with E-state index in [-0.39, 0.29) is 18.1 Å². The standard InChI is InChI=1S/C11H13FN4O3/c1-6(17)15-7-2-3-8(12)9(4-7)14-5-10(18)16-11(13)19/h2-4,14H,5H2,1H3,(H,15,17)(H3,13,16,18,19). The summed E-state index contributed by atoms with van der Waals surface area (Å²) in [5.74, 6) is -1.60. The molecule has 0 aromatic heterocycles. The van der Waals surface area contributed by atoms with Gasteiger partial charge in [-0.05, 0) is 18.2 Å². The summed E-state index contributed by atoms with van der Waals surface area (Å²) in [6.07, 6.45) is 0. The zero-order chi connectivity index (χ0) is 14.4. The van der Waals surface area contributed by atoms with Crippen LogP contribution in [-0.2, 0) is 9.59 Å². The maximum Gasteiger partial charge on any atom is 0.318 e. The Labute approximate surface area is 108 Å². The number of primary amides is 1. The Morgan fingerprint density at radius 2 is 2.00 bits per heavy atom. The molecule has 8 heteroatoms. The van der Waals surface area contributed by atoms with Crippen molar-refractivity contribution in [3.05, 3.63) is 24.0 Å². The van der Waals surface area contributed by atoms with Gasteiger partial charge in [0.2, 0.25) is 11.8 Å². The number of carbonyl (C=O) groups excluding carboxylic acids is 3. The van der Waals surface area contributed by atoms with Gasteiger partial charge in [-0.3, -0.25) is 14.9 Å². The van der Waals surface area contributed by atoms with Crippen molar-refractivity contribution in [3.63, 3.8) is 0 Å². The van der Waals surface area contributed by atoms with Crippen LogP contribution in [-0.4, -0.2) is 24.4 Å². The van der Waals surface area contributed by atoms with Gasteiger partial charge in [-0.15, -0.1) is 0 Å². The highest BCUT2D eigenvalue weighted by atomic mass is 19.1. The summed E-state index contributed by atoms with van der Waals surface area (Å²) < 4.78 is 13.4. The van der Waals surface area contributed by atoms with Crippen LogP contribution in [0.2, 0.25) is 0 Å². The lowest BCUT2D eigenvalue weighted by atomic mass is 10.2. The average Bonchev–Trinajstić information content (AvgIpc) is 2.28. The highest BCUT2D eigenvalue weighted by molar-refractivity contribution is 5.95. The van der Waals surface area contributed by atoms with E-state index in [0.717, 1.165) is 6.07 Å². The number of hydrogen-bond donors (Lipinski definition) is 4.